The van der Waals surface area contributed by atoms with Gasteiger partial charge in [-0.2, -0.15) is 0 Å². The second kappa shape index (κ2) is 10.8. The molecule has 3 N–H and O–H groups in total. The lowest BCUT2D eigenvalue weighted by Crippen LogP contribution is -2.26. The molecule has 0 spiro atoms. The van der Waals surface area contributed by atoms with E-state index >= 15 is 0 Å². The van der Waals surface area contributed by atoms with Gasteiger partial charge in [0.15, 0.2) is 0 Å². The van der Waals surface area contributed by atoms with Gasteiger partial charge >= 0.3 is 0 Å². The Labute approximate surface area is 56.7 Å². The maximum Gasteiger partial charge on any atom is 0.0894 e. The van der Waals surface area contributed by atoms with Crippen LogP contribution in [0.4, 0.5) is 0 Å². The van der Waals surface area contributed by atoms with Gasteiger partial charge in [0.05, 0.1) is 12.7 Å². The van der Waals surface area contributed by atoms with E-state index < -0.39 is 6.10 Å². The minimum atomic E-state index is -0.606. The monoisotopic (exact) mass is 135 g/mol. The van der Waals surface area contributed by atoms with Gasteiger partial charge < -0.3 is 15.5 Å². The van der Waals surface area contributed by atoms with Gasteiger partial charge in [-0.3, -0.25) is 0 Å². The van der Waals surface area contributed by atoms with Crippen molar-refractivity contribution in [3.63, 3.8) is 0 Å². The molecule has 0 fully saturated rings. The van der Waals surface area contributed by atoms with E-state index in [-0.39, 0.29) is 6.61 Å². The first kappa shape index (κ1) is 11.6. The molecule has 0 radical (unpaired) electrons. The first-order chi connectivity index (χ1) is 4.31. The first-order valence-electron chi connectivity index (χ1n) is 3.24. The Morgan fingerprint density at radius 1 is 1.44 bits per heavy atom. The predicted molar refractivity (Wildman–Crippen MR) is 38.4 cm³/mol. The van der Waals surface area contributed by atoms with Crippen LogP contribution < -0.4 is 5.32 Å². The molecule has 3 nitrogen and oxygen atoms in total. The summed E-state index contributed by atoms with van der Waals surface area (Å²) in [5.41, 5.74) is 0. The fourth-order valence-corrected chi connectivity index (χ4v) is 0.300. The number of hydrogen-bond acceptors (Lipinski definition) is 3. The van der Waals surface area contributed by atoms with Crippen LogP contribution in [0.3, 0.4) is 0 Å². The van der Waals surface area contributed by atoms with Crippen LogP contribution in [0.5, 0.6) is 0 Å². The van der Waals surface area contributed by atoms with E-state index in [4.69, 9.17) is 10.2 Å². The van der Waals surface area contributed by atoms with Gasteiger partial charge in [-0.15, -0.1) is 0 Å². The van der Waals surface area contributed by atoms with Crippen molar-refractivity contribution < 1.29 is 10.2 Å². The quantitative estimate of drug-likeness (QED) is 0.493. The number of rotatable bonds is 3. The normalized spacial score (nSPS) is 11.7. The molecular formula is C6H17NO2. The van der Waals surface area contributed by atoms with Crippen molar-refractivity contribution in [3.05, 3.63) is 0 Å². The molecule has 0 aliphatic carbocycles. The molecule has 1 atom stereocenters. The third-order valence-electron chi connectivity index (χ3n) is 0.650. The summed E-state index contributed by atoms with van der Waals surface area (Å²) in [7, 11) is 1.72. The fraction of sp³-hybridized carbons (Fsp3) is 1.00. The molecule has 0 heterocycles. The van der Waals surface area contributed by atoms with Crippen molar-refractivity contribution in [3.8, 4) is 0 Å². The highest BCUT2D eigenvalue weighted by Gasteiger charge is 1.95. The van der Waals surface area contributed by atoms with Crippen LogP contribution in [-0.2, 0) is 0 Å². The SMILES string of the molecule is CC.CNCC(O)CO. The second-order valence-corrected chi connectivity index (χ2v) is 1.39. The summed E-state index contributed by atoms with van der Waals surface area (Å²) in [6.07, 6.45) is -0.606. The van der Waals surface area contributed by atoms with Crippen LogP contribution in [0.25, 0.3) is 0 Å². The Balaban J connectivity index is 0. The average molecular weight is 135 g/mol. The number of aliphatic hydroxyl groups excluding tert-OH is 2. The highest BCUT2D eigenvalue weighted by Crippen LogP contribution is 1.72. The zero-order valence-corrected chi connectivity index (χ0v) is 6.39. The third-order valence-corrected chi connectivity index (χ3v) is 0.650. The van der Waals surface area contributed by atoms with Crippen molar-refractivity contribution >= 4 is 0 Å². The molecule has 0 rings (SSSR count). The van der Waals surface area contributed by atoms with E-state index in [0.717, 1.165) is 0 Å². The summed E-state index contributed by atoms with van der Waals surface area (Å²) in [5, 5.41) is 19.4. The Bertz CT molecular complexity index is 42.0. The zero-order valence-electron chi connectivity index (χ0n) is 6.39. The molecule has 0 amide bonds. The molecule has 0 saturated carbocycles. The predicted octanol–water partition coefficient (Wildman–Crippen LogP) is -0.415. The Morgan fingerprint density at radius 2 is 1.89 bits per heavy atom. The van der Waals surface area contributed by atoms with Crippen LogP contribution in [-0.4, -0.2) is 36.5 Å². The summed E-state index contributed by atoms with van der Waals surface area (Å²) in [6.45, 7) is 4.29. The highest BCUT2D eigenvalue weighted by molar-refractivity contribution is 4.51. The van der Waals surface area contributed by atoms with E-state index in [1.165, 1.54) is 0 Å². The smallest absolute Gasteiger partial charge is 0.0894 e. The van der Waals surface area contributed by atoms with E-state index in [9.17, 15) is 0 Å². The summed E-state index contributed by atoms with van der Waals surface area (Å²) in [4.78, 5) is 0. The maximum atomic E-state index is 8.55. The van der Waals surface area contributed by atoms with Gasteiger partial charge in [0.25, 0.3) is 0 Å². The van der Waals surface area contributed by atoms with Gasteiger partial charge in [0.1, 0.15) is 0 Å². The molecular weight excluding hydrogens is 118 g/mol. The Hall–Kier alpha value is -0.120. The molecule has 0 aromatic carbocycles. The highest BCUT2D eigenvalue weighted by atomic mass is 16.3. The molecule has 0 aromatic rings. The summed E-state index contributed by atoms with van der Waals surface area (Å²) in [6, 6.07) is 0. The molecule has 3 heteroatoms. The largest absolute Gasteiger partial charge is 0.394 e. The summed E-state index contributed by atoms with van der Waals surface area (Å²) < 4.78 is 0. The van der Waals surface area contributed by atoms with Gasteiger partial charge in [0.2, 0.25) is 0 Å². The molecule has 0 aliphatic heterocycles. The van der Waals surface area contributed by atoms with Crippen molar-refractivity contribution in [2.75, 3.05) is 20.2 Å². The lowest BCUT2D eigenvalue weighted by Gasteiger charge is -2.02. The molecule has 0 aromatic heterocycles. The minimum absolute atomic E-state index is 0.166. The zero-order chi connectivity index (χ0) is 7.70. The van der Waals surface area contributed by atoms with Crippen LogP contribution in [0.1, 0.15) is 13.8 Å². The standard InChI is InChI=1S/C4H11NO2.C2H6/c1-5-2-4(7)3-6;1-2/h4-7H,2-3H2,1H3;1-2H3. The summed E-state index contributed by atoms with van der Waals surface area (Å²) in [5.74, 6) is 0. The number of aliphatic hydroxyl groups is 2. The number of hydrogen-bond donors (Lipinski definition) is 3. The van der Waals surface area contributed by atoms with Crippen LogP contribution in [0.15, 0.2) is 0 Å². The maximum absolute atomic E-state index is 8.55. The van der Waals surface area contributed by atoms with Crippen molar-refractivity contribution in [1.29, 1.82) is 0 Å². The number of likely N-dealkylation sites (N-methyl/N-ethyl adjacent to an activating group) is 1. The minimum Gasteiger partial charge on any atom is -0.394 e. The lowest BCUT2D eigenvalue weighted by atomic mass is 10.4. The molecule has 1 unspecified atom stereocenters. The lowest BCUT2D eigenvalue weighted by molar-refractivity contribution is 0.0961. The van der Waals surface area contributed by atoms with Gasteiger partial charge in [-0.05, 0) is 7.05 Å². The Kier molecular flexibility index (Phi) is 14.0. The first-order valence-corrected chi connectivity index (χ1v) is 3.24. The van der Waals surface area contributed by atoms with Crippen molar-refractivity contribution in [1.82, 2.24) is 5.32 Å². The van der Waals surface area contributed by atoms with Gasteiger partial charge in [-0.25, -0.2) is 0 Å². The van der Waals surface area contributed by atoms with E-state index in [2.05, 4.69) is 5.32 Å². The third kappa shape index (κ3) is 11.4. The van der Waals surface area contributed by atoms with Gasteiger partial charge in [-0.1, -0.05) is 13.8 Å². The van der Waals surface area contributed by atoms with E-state index in [1.54, 1.807) is 7.05 Å². The van der Waals surface area contributed by atoms with Gasteiger partial charge in [0, 0.05) is 6.54 Å². The van der Waals surface area contributed by atoms with Crippen LogP contribution in [0.2, 0.25) is 0 Å². The van der Waals surface area contributed by atoms with E-state index in [0.29, 0.717) is 6.54 Å². The molecule has 0 bridgehead atoms. The number of nitrogens with one attached hydrogen (secondary N) is 1. The van der Waals surface area contributed by atoms with Crippen molar-refractivity contribution in [2.45, 2.75) is 20.0 Å². The Morgan fingerprint density at radius 3 is 2.00 bits per heavy atom. The second-order valence-electron chi connectivity index (χ2n) is 1.39. The van der Waals surface area contributed by atoms with Crippen LogP contribution in [0, 0.1) is 0 Å². The topological polar surface area (TPSA) is 52.5 Å². The molecule has 0 aliphatic rings. The average Bonchev–Trinajstić information content (AvgIpc) is 1.93. The molecule has 58 valence electrons. The van der Waals surface area contributed by atoms with Crippen LogP contribution >= 0.6 is 0 Å². The molecule has 0 saturated heterocycles. The van der Waals surface area contributed by atoms with E-state index in [1.807, 2.05) is 13.8 Å². The summed E-state index contributed by atoms with van der Waals surface area (Å²) >= 11 is 0. The van der Waals surface area contributed by atoms with Crippen molar-refractivity contribution in [2.24, 2.45) is 0 Å². The molecule has 9 heavy (non-hydrogen) atoms. The fourth-order valence-electron chi connectivity index (χ4n) is 0.300.